The molecule has 0 saturated carbocycles. The molecule has 32 heteroatoms. The molecule has 15 rings (SSSR count). The number of hydrogen-bond donors (Lipinski definition) is 2. The van der Waals surface area contributed by atoms with Crippen LogP contribution in [-0.4, -0.2) is 243 Å². The maximum Gasteiger partial charge on any atom is 0.410 e. The molecule has 0 unspecified atom stereocenters. The molecule has 0 aliphatic carbocycles. The second-order valence-corrected chi connectivity index (χ2v) is 30.4. The van der Waals surface area contributed by atoms with Crippen LogP contribution in [0.4, 0.5) is 4.79 Å². The van der Waals surface area contributed by atoms with Gasteiger partial charge >= 0.3 is 6.09 Å². The van der Waals surface area contributed by atoms with Gasteiger partial charge in [-0.3, -0.25) is 24.5 Å². The monoisotopic (exact) mass is 1720 g/mol. The summed E-state index contributed by atoms with van der Waals surface area (Å²) in [6, 6.07) is 42.6. The molecule has 0 radical (unpaired) electrons. The number of aromatic nitrogens is 10. The number of aromatic amines is 1. The van der Waals surface area contributed by atoms with Crippen molar-refractivity contribution in [3.63, 3.8) is 0 Å². The Labute approximate surface area is 733 Å². The standard InChI is InChI=1S/C28H34N4O6.C25H30N4O4.C24H28N4O4.C17H18N4O2/c1-7-36-22-11-9-19(17-23(22)35-6)25-29-24(30-38-25)21-10-8-20(16-18(21)2)26(33)31-12-14-32(15-13-31)27(34)37-28(3,4)5;1-5-31-21-10-8-18(16-22(21)32-6-2)24-26-23(27-33-24)20-9-7-19(15-17(20)3)25(30)29-13-11-28(4)12-14-29;1-4-30-20-9-7-17(15-21(20)31-5-2)23-26-22(27-32-23)19-8-6-18(14-16(19)3)24(29)28-12-10-25-11-13-28;1-3-22-14-6-5-13(11-15(14)23-4-2)17-19-16(20-21-17)12-7-9-18-10-8-12/h8-11,16-17H,7,12-15H2,1-6H3;7-10,15-16H,5-6,11-14H2,1-4H3;6-9,14-15,25H,4-5,10-13H2,1-3H3;5-11H,3-4H2,1-2H3,(H,19,20,21). The van der Waals surface area contributed by atoms with E-state index < -0.39 is 5.60 Å². The van der Waals surface area contributed by atoms with Gasteiger partial charge in [-0.2, -0.15) is 20.1 Å². The summed E-state index contributed by atoms with van der Waals surface area (Å²) in [5, 5.41) is 23.0. The summed E-state index contributed by atoms with van der Waals surface area (Å²) in [6.45, 7) is 36.8. The number of methoxy groups -OCH3 is 1. The van der Waals surface area contributed by atoms with Crippen molar-refractivity contribution in [1.29, 1.82) is 0 Å². The van der Waals surface area contributed by atoms with E-state index in [-0.39, 0.29) is 23.8 Å². The minimum absolute atomic E-state index is 0.0489. The van der Waals surface area contributed by atoms with Crippen LogP contribution in [0.1, 0.15) is 117 Å². The Balaban J connectivity index is 0.000000155. The molecule has 3 aliphatic rings. The van der Waals surface area contributed by atoms with E-state index in [9.17, 15) is 19.2 Å². The second-order valence-electron chi connectivity index (χ2n) is 30.4. The fourth-order valence-electron chi connectivity index (χ4n) is 14.0. The predicted octanol–water partition coefficient (Wildman–Crippen LogP) is 15.6. The summed E-state index contributed by atoms with van der Waals surface area (Å²) in [7, 11) is 3.65. The minimum atomic E-state index is -0.552. The maximum absolute atomic E-state index is 13.1. The average Bonchev–Trinajstić information content (AvgIpc) is 1.46. The first-order valence-corrected chi connectivity index (χ1v) is 42.4. The van der Waals surface area contributed by atoms with E-state index in [4.69, 9.17) is 56.2 Å². The smallest absolute Gasteiger partial charge is 0.410 e. The van der Waals surface area contributed by atoms with Crippen molar-refractivity contribution >= 4 is 23.8 Å². The van der Waals surface area contributed by atoms with Gasteiger partial charge in [0.25, 0.3) is 35.4 Å². The third-order valence-corrected chi connectivity index (χ3v) is 20.4. The number of carbonyl (C=O) groups is 4. The number of aryl methyl sites for hydroxylation is 3. The first kappa shape index (κ1) is 91.5. The van der Waals surface area contributed by atoms with Gasteiger partial charge < -0.3 is 86.0 Å². The van der Waals surface area contributed by atoms with Crippen molar-refractivity contribution in [3.05, 3.63) is 185 Å². The van der Waals surface area contributed by atoms with Gasteiger partial charge in [-0.25, -0.2) is 9.78 Å². The molecule has 5 aromatic heterocycles. The Hall–Kier alpha value is -13.8. The first-order chi connectivity index (χ1) is 61.0. The van der Waals surface area contributed by atoms with Crippen LogP contribution in [0.15, 0.2) is 165 Å². The highest BCUT2D eigenvalue weighted by Crippen LogP contribution is 2.39. The SMILES string of the molecule is CCOc1ccc(-c2n[nH]c(-c3ccncc3)n2)cc1OCC.CCOc1ccc(-c2nc(-c3ccc(C(=O)N4CCN(C(=O)OC(C)(C)C)CC4)cc3C)no2)cc1OC.CCOc1ccc(-c2nc(-c3ccc(C(=O)N4CCN(C)CC4)cc3C)no2)cc1OCC.CCOc1ccc(-c2nc(-c3ccc(C(=O)N4CCNCC4)cc3C)no2)cc1OCC. The van der Waals surface area contributed by atoms with Crippen LogP contribution >= 0.6 is 0 Å². The van der Waals surface area contributed by atoms with E-state index >= 15 is 0 Å². The Morgan fingerprint density at radius 3 is 1.10 bits per heavy atom. The molecule has 7 aromatic carbocycles. The molecule has 0 bridgehead atoms. The lowest BCUT2D eigenvalue weighted by Crippen LogP contribution is -2.51. The topological polar surface area (TPSA) is 351 Å². The molecule has 3 saturated heterocycles. The molecule has 12 aromatic rings. The number of amides is 4. The van der Waals surface area contributed by atoms with Crippen molar-refractivity contribution in [3.8, 4) is 137 Å². The van der Waals surface area contributed by atoms with Crippen molar-refractivity contribution < 1.29 is 75.4 Å². The van der Waals surface area contributed by atoms with Gasteiger partial charge in [-0.05, 0) is 235 Å². The summed E-state index contributed by atoms with van der Waals surface area (Å²) in [5.41, 5.74) is 10.5. The molecule has 126 heavy (non-hydrogen) atoms. The molecule has 4 amide bonds. The highest BCUT2D eigenvalue weighted by molar-refractivity contribution is 5.97. The van der Waals surface area contributed by atoms with Crippen molar-refractivity contribution in [2.45, 2.75) is 95.6 Å². The zero-order valence-electron chi connectivity index (χ0n) is 74.2. The Kier molecular flexibility index (Phi) is 31.6. The quantitative estimate of drug-likeness (QED) is 0.0508. The van der Waals surface area contributed by atoms with Crippen LogP contribution in [-0.2, 0) is 4.74 Å². The number of rotatable bonds is 26. The van der Waals surface area contributed by atoms with Crippen LogP contribution in [0.25, 0.3) is 91.3 Å². The van der Waals surface area contributed by atoms with E-state index in [0.717, 1.165) is 114 Å². The lowest BCUT2D eigenvalue weighted by atomic mass is 10.0. The van der Waals surface area contributed by atoms with Crippen molar-refractivity contribution in [2.24, 2.45) is 0 Å². The number of pyridine rings is 1. The molecule has 0 spiro atoms. The minimum Gasteiger partial charge on any atom is -0.493 e. The summed E-state index contributed by atoms with van der Waals surface area (Å²) in [6.07, 6.45) is 3.09. The number of piperazine rings is 3. The molecule has 3 fully saturated rings. The third-order valence-electron chi connectivity index (χ3n) is 20.4. The van der Waals surface area contributed by atoms with E-state index in [1.807, 2.05) is 221 Å². The lowest BCUT2D eigenvalue weighted by molar-refractivity contribution is 0.0140. The zero-order chi connectivity index (χ0) is 89.4. The summed E-state index contributed by atoms with van der Waals surface area (Å²) < 4.78 is 66.9. The Morgan fingerprint density at radius 2 is 0.722 bits per heavy atom. The van der Waals surface area contributed by atoms with Gasteiger partial charge in [0.1, 0.15) is 5.60 Å². The maximum atomic E-state index is 13.1. The van der Waals surface area contributed by atoms with Crippen LogP contribution < -0.4 is 43.2 Å². The number of benzene rings is 7. The lowest BCUT2D eigenvalue weighted by Gasteiger charge is -2.35. The second kappa shape index (κ2) is 43.5. The number of nitrogens with one attached hydrogen (secondary N) is 2. The molecule has 3 aliphatic heterocycles. The zero-order valence-corrected chi connectivity index (χ0v) is 74.2. The van der Waals surface area contributed by atoms with Crippen molar-refractivity contribution in [1.82, 2.24) is 80.4 Å². The van der Waals surface area contributed by atoms with Gasteiger partial charge in [0, 0.05) is 152 Å². The predicted molar refractivity (Wildman–Crippen MR) is 475 cm³/mol. The number of hydrogen-bond acceptors (Lipinski definition) is 27. The fourth-order valence-corrected chi connectivity index (χ4v) is 14.0. The molecule has 8 heterocycles. The molecule has 2 N–H and O–H groups in total. The number of carbonyl (C=O) groups excluding carboxylic acids is 4. The number of ether oxygens (including phenoxy) is 9. The van der Waals surface area contributed by atoms with Gasteiger partial charge in [-0.1, -0.05) is 33.7 Å². The van der Waals surface area contributed by atoms with E-state index in [1.165, 1.54) is 0 Å². The van der Waals surface area contributed by atoms with E-state index in [2.05, 4.69) is 67.9 Å². The third kappa shape index (κ3) is 23.4. The normalized spacial score (nSPS) is 13.4. The first-order valence-electron chi connectivity index (χ1n) is 42.4. The number of H-pyrrole nitrogens is 1. The summed E-state index contributed by atoms with van der Waals surface area (Å²) in [5.74, 6) is 9.13. The van der Waals surface area contributed by atoms with E-state index in [1.54, 1.807) is 47.5 Å². The van der Waals surface area contributed by atoms with E-state index in [0.29, 0.717) is 182 Å². The molecule has 0 atom stereocenters. The highest BCUT2D eigenvalue weighted by atomic mass is 16.6. The highest BCUT2D eigenvalue weighted by Gasteiger charge is 2.31. The number of nitrogens with zero attached hydrogens (tertiary/aromatic N) is 14. The Morgan fingerprint density at radius 1 is 0.381 bits per heavy atom. The fraction of sp³-hybridized carbons (Fsp3) is 0.372. The van der Waals surface area contributed by atoms with Gasteiger partial charge in [0.15, 0.2) is 57.6 Å². The average molecular weight is 1720 g/mol. The van der Waals surface area contributed by atoms with Crippen LogP contribution in [0.3, 0.4) is 0 Å². The molecular weight excluding hydrogens is 1610 g/mol. The summed E-state index contributed by atoms with van der Waals surface area (Å²) >= 11 is 0. The van der Waals surface area contributed by atoms with Crippen molar-refractivity contribution in [2.75, 3.05) is 139 Å². The van der Waals surface area contributed by atoms with Crippen LogP contribution in [0, 0.1) is 20.8 Å². The molecule has 32 nitrogen and oxygen atoms in total. The van der Waals surface area contributed by atoms with Crippen LogP contribution in [0.2, 0.25) is 0 Å². The molecular formula is C94H110N16O16. The number of likely N-dealkylation sites (N-methyl/N-ethyl adjacent to an activating group) is 1. The molecule has 662 valence electrons. The van der Waals surface area contributed by atoms with Gasteiger partial charge in [-0.15, -0.1) is 0 Å². The van der Waals surface area contributed by atoms with Gasteiger partial charge in [0.05, 0.1) is 53.4 Å². The Bertz CT molecular complexity index is 5650. The summed E-state index contributed by atoms with van der Waals surface area (Å²) in [4.78, 5) is 82.8. The largest absolute Gasteiger partial charge is 0.493 e. The van der Waals surface area contributed by atoms with Crippen LogP contribution in [0.5, 0.6) is 46.0 Å². The van der Waals surface area contributed by atoms with Gasteiger partial charge in [0.2, 0.25) is 17.5 Å².